The number of anilines is 2. The smallest absolute Gasteiger partial charge is 0.356 e. The SMILES string of the molecule is C[C@H](N)C(=O)NCCS(=O)(=O)NCCC1CCN(c2cc(N3CCC[C@H]3C(=O)CCCc3ccc(C#N)cc3)nc(C(F)(F)F)n2)CC1. The summed E-state index contributed by atoms with van der Waals surface area (Å²) in [6.45, 7) is 2.94. The molecule has 1 aromatic heterocycles. The lowest BCUT2D eigenvalue weighted by molar-refractivity contribution is -0.144. The highest BCUT2D eigenvalue weighted by molar-refractivity contribution is 7.89. The van der Waals surface area contributed by atoms with E-state index in [0.29, 0.717) is 70.1 Å². The van der Waals surface area contributed by atoms with Gasteiger partial charge in [-0.15, -0.1) is 0 Å². The number of Topliss-reactive ketones (excluding diaryl/α,β-unsaturated/α-hetero) is 1. The minimum absolute atomic E-state index is 0.0405. The van der Waals surface area contributed by atoms with Crippen molar-refractivity contribution < 1.29 is 31.2 Å². The van der Waals surface area contributed by atoms with Crippen LogP contribution in [0.2, 0.25) is 0 Å². The zero-order valence-electron chi connectivity index (χ0n) is 27.0. The number of ketones is 1. The standard InChI is InChI=1S/C32H43F3N8O4S/c1-22(37)30(45)38-15-19-48(46,47)39-14-11-24-12-17-42(18-13-24)28-20-29(41-31(40-28)32(33,34)35)43-16-3-5-26(43)27(44)6-2-4-23-7-9-25(21-36)10-8-23/h7-10,20,22,24,26,39H,2-6,11-19,37H2,1H3,(H,38,45)/t22-,26-/m0/s1. The Morgan fingerprint density at radius 2 is 1.77 bits per heavy atom. The van der Waals surface area contributed by atoms with E-state index >= 15 is 0 Å². The van der Waals surface area contributed by atoms with Crippen LogP contribution in [0.1, 0.15) is 68.8 Å². The number of carbonyl (C=O) groups excluding carboxylic acids is 2. The fourth-order valence-corrected chi connectivity index (χ4v) is 6.97. The van der Waals surface area contributed by atoms with Crippen LogP contribution in [0.15, 0.2) is 30.3 Å². The number of sulfonamides is 1. The number of aryl methyl sites for hydroxylation is 1. The van der Waals surface area contributed by atoms with Gasteiger partial charge in [-0.25, -0.2) is 23.1 Å². The molecule has 2 aliphatic rings. The number of nitrogens with zero attached hydrogens (tertiary/aromatic N) is 5. The Morgan fingerprint density at radius 3 is 2.42 bits per heavy atom. The second-order valence-electron chi connectivity index (χ2n) is 12.4. The number of piperidine rings is 1. The number of hydrogen-bond donors (Lipinski definition) is 3. The molecule has 0 aliphatic carbocycles. The van der Waals surface area contributed by atoms with Crippen molar-refractivity contribution in [2.24, 2.45) is 11.7 Å². The van der Waals surface area contributed by atoms with Gasteiger partial charge in [0.25, 0.3) is 0 Å². The Morgan fingerprint density at radius 1 is 1.08 bits per heavy atom. The molecule has 262 valence electrons. The van der Waals surface area contributed by atoms with E-state index in [2.05, 4.69) is 26.1 Å². The molecule has 0 unspecified atom stereocenters. The third-order valence-corrected chi connectivity index (χ3v) is 10.1. The number of rotatable bonds is 15. The Bertz CT molecular complexity index is 1560. The average molecular weight is 693 g/mol. The first-order chi connectivity index (χ1) is 22.8. The second kappa shape index (κ2) is 16.5. The number of aromatic nitrogens is 2. The summed E-state index contributed by atoms with van der Waals surface area (Å²) in [7, 11) is -3.60. The fourth-order valence-electron chi connectivity index (χ4n) is 6.02. The van der Waals surface area contributed by atoms with Gasteiger partial charge < -0.3 is 20.9 Å². The lowest BCUT2D eigenvalue weighted by Crippen LogP contribution is -2.42. The quantitative estimate of drug-likeness (QED) is 0.252. The third-order valence-electron chi connectivity index (χ3n) is 8.74. The van der Waals surface area contributed by atoms with E-state index in [1.165, 1.54) is 13.0 Å². The van der Waals surface area contributed by atoms with Gasteiger partial charge in [0.05, 0.1) is 29.5 Å². The largest absolute Gasteiger partial charge is 0.451 e. The summed E-state index contributed by atoms with van der Waals surface area (Å²) in [5, 5.41) is 11.4. The van der Waals surface area contributed by atoms with Crippen molar-refractivity contribution in [2.45, 2.75) is 76.6 Å². The molecule has 0 saturated carbocycles. The van der Waals surface area contributed by atoms with E-state index in [-0.39, 0.29) is 48.6 Å². The number of hydrogen-bond acceptors (Lipinski definition) is 10. The van der Waals surface area contributed by atoms with Gasteiger partial charge in [0, 0.05) is 45.2 Å². The third kappa shape index (κ3) is 10.6. The molecule has 2 fully saturated rings. The first-order valence-electron chi connectivity index (χ1n) is 16.3. The number of amides is 1. The van der Waals surface area contributed by atoms with Gasteiger partial charge in [-0.1, -0.05) is 12.1 Å². The van der Waals surface area contributed by atoms with Gasteiger partial charge in [0.1, 0.15) is 11.6 Å². The molecule has 2 atom stereocenters. The van der Waals surface area contributed by atoms with Crippen LogP contribution in [-0.4, -0.2) is 80.6 Å². The van der Waals surface area contributed by atoms with E-state index in [4.69, 9.17) is 11.0 Å². The van der Waals surface area contributed by atoms with Crippen LogP contribution in [-0.2, 0) is 32.2 Å². The zero-order chi connectivity index (χ0) is 34.9. The van der Waals surface area contributed by atoms with Crippen molar-refractivity contribution in [1.82, 2.24) is 20.0 Å². The van der Waals surface area contributed by atoms with Crippen LogP contribution >= 0.6 is 0 Å². The maximum absolute atomic E-state index is 14.0. The molecule has 2 aliphatic heterocycles. The number of nitrogens with two attached hydrogens (primary N) is 1. The van der Waals surface area contributed by atoms with E-state index in [1.54, 1.807) is 21.9 Å². The lowest BCUT2D eigenvalue weighted by atomic mass is 9.93. The highest BCUT2D eigenvalue weighted by Gasteiger charge is 2.38. The van der Waals surface area contributed by atoms with Gasteiger partial charge in [-0.2, -0.15) is 18.4 Å². The van der Waals surface area contributed by atoms with Crippen molar-refractivity contribution in [3.8, 4) is 6.07 Å². The average Bonchev–Trinajstić information content (AvgIpc) is 3.55. The summed E-state index contributed by atoms with van der Waals surface area (Å²) >= 11 is 0. The van der Waals surface area contributed by atoms with Crippen LogP contribution < -0.4 is 25.6 Å². The van der Waals surface area contributed by atoms with E-state index in [1.807, 2.05) is 12.1 Å². The van der Waals surface area contributed by atoms with Crippen molar-refractivity contribution in [2.75, 3.05) is 48.3 Å². The molecule has 0 radical (unpaired) electrons. The summed E-state index contributed by atoms with van der Waals surface area (Å²) < 4.78 is 68.9. The topological polar surface area (TPSA) is 174 Å². The Kier molecular flexibility index (Phi) is 12.7. The van der Waals surface area contributed by atoms with E-state index < -0.39 is 40.0 Å². The zero-order valence-corrected chi connectivity index (χ0v) is 27.8. The molecule has 2 saturated heterocycles. The number of alkyl halides is 3. The van der Waals surface area contributed by atoms with E-state index in [0.717, 1.165) is 5.56 Å². The van der Waals surface area contributed by atoms with Gasteiger partial charge >= 0.3 is 6.18 Å². The first-order valence-corrected chi connectivity index (χ1v) is 17.9. The van der Waals surface area contributed by atoms with Crippen molar-refractivity contribution in [3.05, 3.63) is 47.3 Å². The normalized spacial score (nSPS) is 18.0. The Labute approximate surface area is 279 Å². The molecule has 4 N–H and O–H groups in total. The summed E-state index contributed by atoms with van der Waals surface area (Å²) in [6, 6.07) is 9.48. The highest BCUT2D eigenvalue weighted by atomic mass is 32.2. The van der Waals surface area contributed by atoms with Crippen LogP contribution in [0.25, 0.3) is 0 Å². The van der Waals surface area contributed by atoms with Crippen LogP contribution in [0.3, 0.4) is 0 Å². The van der Waals surface area contributed by atoms with Crippen LogP contribution in [0.4, 0.5) is 24.8 Å². The number of benzene rings is 1. The minimum Gasteiger partial charge on any atom is -0.356 e. The molecule has 1 amide bonds. The first kappa shape index (κ1) is 37.0. The van der Waals surface area contributed by atoms with Gasteiger partial charge in [0.2, 0.25) is 21.8 Å². The molecular formula is C32H43F3N8O4S. The molecule has 16 heteroatoms. The van der Waals surface area contributed by atoms with Crippen LogP contribution in [0.5, 0.6) is 0 Å². The summed E-state index contributed by atoms with van der Waals surface area (Å²) in [6.07, 6.45) is -0.239. The number of nitriles is 1. The molecule has 3 heterocycles. The molecule has 1 aromatic carbocycles. The summed E-state index contributed by atoms with van der Waals surface area (Å²) in [4.78, 5) is 36.0. The maximum atomic E-state index is 14.0. The van der Waals surface area contributed by atoms with Gasteiger partial charge in [0.15, 0.2) is 5.78 Å². The molecule has 48 heavy (non-hydrogen) atoms. The maximum Gasteiger partial charge on any atom is 0.451 e. The minimum atomic E-state index is -4.77. The van der Waals surface area contributed by atoms with Crippen LogP contribution in [0, 0.1) is 17.2 Å². The molecule has 0 bridgehead atoms. The lowest BCUT2D eigenvalue weighted by Gasteiger charge is -2.34. The molecular weight excluding hydrogens is 649 g/mol. The Balaban J connectivity index is 1.32. The van der Waals surface area contributed by atoms with E-state index in [9.17, 15) is 31.2 Å². The highest BCUT2D eigenvalue weighted by Crippen LogP contribution is 2.34. The van der Waals surface area contributed by atoms with Crippen molar-refractivity contribution in [3.63, 3.8) is 0 Å². The second-order valence-corrected chi connectivity index (χ2v) is 14.3. The fraction of sp³-hybridized carbons (Fsp3) is 0.594. The predicted octanol–water partition coefficient (Wildman–Crippen LogP) is 2.92. The van der Waals surface area contributed by atoms with Crippen molar-refractivity contribution >= 4 is 33.3 Å². The number of halogens is 3. The van der Waals surface area contributed by atoms with Gasteiger partial charge in [-0.3, -0.25) is 9.59 Å². The number of carbonyl (C=O) groups is 2. The molecule has 4 rings (SSSR count). The van der Waals surface area contributed by atoms with Gasteiger partial charge in [-0.05, 0) is 75.5 Å². The molecule has 2 aromatic rings. The summed E-state index contributed by atoms with van der Waals surface area (Å²) in [5.41, 5.74) is 7.02. The van der Waals surface area contributed by atoms with Crippen molar-refractivity contribution in [1.29, 1.82) is 5.26 Å². The predicted molar refractivity (Wildman–Crippen MR) is 175 cm³/mol. The monoisotopic (exact) mass is 692 g/mol. The molecule has 0 spiro atoms. The summed E-state index contributed by atoms with van der Waals surface area (Å²) in [5.74, 6) is -1.60. The number of nitrogens with one attached hydrogen (secondary N) is 2. The molecule has 12 nitrogen and oxygen atoms in total. The Hall–Kier alpha value is -3.81.